The maximum absolute atomic E-state index is 9.38. The Balaban J connectivity index is 0.000000435. The van der Waals surface area contributed by atoms with E-state index in [9.17, 15) is 10.2 Å². The molecule has 1 heterocycles. The Morgan fingerprint density at radius 1 is 0.400 bits per heavy atom. The molecule has 0 saturated heterocycles. The summed E-state index contributed by atoms with van der Waals surface area (Å²) in [5.74, 6) is 3.57. The largest absolute Gasteiger partial charge is 0.508 e. The maximum atomic E-state index is 9.38. The third kappa shape index (κ3) is 21.9. The number of aromatic hydroxyl groups is 3. The van der Waals surface area contributed by atoms with Crippen LogP contribution in [0.2, 0.25) is 0 Å². The second-order valence-corrected chi connectivity index (χ2v) is 15.7. The van der Waals surface area contributed by atoms with Gasteiger partial charge in [0.05, 0.1) is 7.14 Å². The summed E-state index contributed by atoms with van der Waals surface area (Å²) in [6.45, 7) is 15.8. The Kier molecular flexibility index (Phi) is 33.1. The molecule has 8 aromatic carbocycles. The van der Waals surface area contributed by atoms with Crippen molar-refractivity contribution in [2.45, 2.75) is 62.0 Å². The van der Waals surface area contributed by atoms with E-state index in [1.165, 1.54) is 22.3 Å². The molecule has 0 atom stereocenters. The lowest BCUT2D eigenvalue weighted by molar-refractivity contribution is 0.251. The lowest BCUT2D eigenvalue weighted by Gasteiger charge is -2.03. The molecule has 9 aromatic rings. The summed E-state index contributed by atoms with van der Waals surface area (Å²) < 4.78 is 7.22. The van der Waals surface area contributed by atoms with Crippen LogP contribution >= 0.6 is 45.2 Å². The molecule has 1 aromatic heterocycles. The molecular formula is C62H68I2O6. The zero-order chi connectivity index (χ0) is 52.1. The molecule has 0 amide bonds. The van der Waals surface area contributed by atoms with Crippen LogP contribution in [-0.2, 0) is 6.61 Å². The summed E-state index contributed by atoms with van der Waals surface area (Å²) in [4.78, 5) is 0. The van der Waals surface area contributed by atoms with Gasteiger partial charge in [0.25, 0.3) is 0 Å². The van der Waals surface area contributed by atoms with Crippen LogP contribution in [0.15, 0.2) is 211 Å². The molecule has 0 saturated carbocycles. The van der Waals surface area contributed by atoms with Crippen molar-refractivity contribution in [3.63, 3.8) is 0 Å². The number of aliphatic hydroxyl groups excluding tert-OH is 2. The molecule has 9 rings (SSSR count). The van der Waals surface area contributed by atoms with Gasteiger partial charge in [-0.15, -0.1) is 6.42 Å². The SMILES string of the molecule is C#CCO.CC.CC.CC.CC.OCc1cc2cc(-c3ccccc3)ccc2o1.Oc1ccc(-c2ccccc2)cc1.Oc1ccc(-c2ccccc2)cc1I.Oc1ccc(-c2ccccc2)cc1I. The first kappa shape index (κ1) is 61.7. The molecule has 0 radical (unpaired) electrons. The molecule has 366 valence electrons. The number of phenolic OH excluding ortho intramolecular Hbond substituents is 3. The van der Waals surface area contributed by atoms with Crippen molar-refractivity contribution in [3.8, 4) is 74.1 Å². The van der Waals surface area contributed by atoms with Gasteiger partial charge in [-0.05, 0) is 144 Å². The molecule has 8 heteroatoms. The quantitative estimate of drug-likeness (QED) is 0.0867. The van der Waals surface area contributed by atoms with Crippen LogP contribution < -0.4 is 0 Å². The van der Waals surface area contributed by atoms with Crippen LogP contribution in [0, 0.1) is 19.5 Å². The Bertz CT molecular complexity index is 2670. The minimum atomic E-state index is -0.153. The van der Waals surface area contributed by atoms with Gasteiger partial charge in [0.2, 0.25) is 0 Å². The lowest BCUT2D eigenvalue weighted by Crippen LogP contribution is -1.79. The van der Waals surface area contributed by atoms with E-state index in [4.69, 9.17) is 19.7 Å². The number of benzene rings is 8. The molecule has 0 aliphatic carbocycles. The van der Waals surface area contributed by atoms with Crippen LogP contribution in [0.1, 0.15) is 61.2 Å². The number of phenols is 3. The fourth-order valence-corrected chi connectivity index (χ4v) is 6.94. The minimum Gasteiger partial charge on any atom is -0.508 e. The Morgan fingerprint density at radius 3 is 1.03 bits per heavy atom. The predicted octanol–water partition coefficient (Wildman–Crippen LogP) is 17.7. The number of fused-ring (bicyclic) bond motifs is 1. The van der Waals surface area contributed by atoms with Gasteiger partial charge >= 0.3 is 0 Å². The summed E-state index contributed by atoms with van der Waals surface area (Å²) in [6.07, 6.45) is 4.53. The van der Waals surface area contributed by atoms with Crippen LogP contribution in [0.25, 0.3) is 55.5 Å². The number of rotatable bonds is 5. The van der Waals surface area contributed by atoms with E-state index in [1.54, 1.807) is 24.3 Å². The van der Waals surface area contributed by atoms with Crippen molar-refractivity contribution in [2.24, 2.45) is 0 Å². The minimum absolute atomic E-state index is 0.0602. The average molecular weight is 1160 g/mol. The standard InChI is InChI=1S/C15H12O2.2C12H9IO.C12H10O.C3H4O.4C2H6/c16-10-14-9-13-8-12(6-7-15(13)17-14)11-4-2-1-3-5-11;2*13-11-8-10(6-7-12(11)14)9-4-2-1-3-5-9;13-12-8-6-11(7-9-12)10-4-2-1-3-5-10;1-2-3-4;4*1-2/h1-9,16H,10H2;2*1-8,14H;1-9,13H;1,4H,3H2;4*1-2H3. The van der Waals surface area contributed by atoms with Crippen molar-refractivity contribution in [2.75, 3.05) is 6.61 Å². The molecule has 5 N–H and O–H groups in total. The highest BCUT2D eigenvalue weighted by Gasteiger charge is 2.05. The van der Waals surface area contributed by atoms with Gasteiger partial charge < -0.3 is 29.9 Å². The lowest BCUT2D eigenvalue weighted by atomic mass is 10.0. The fraction of sp³-hybridized carbons (Fsp3) is 0.161. The van der Waals surface area contributed by atoms with E-state index < -0.39 is 0 Å². The smallest absolute Gasteiger partial charge is 0.134 e. The summed E-state index contributed by atoms with van der Waals surface area (Å²) in [5.41, 5.74) is 10.1. The summed E-state index contributed by atoms with van der Waals surface area (Å²) >= 11 is 4.25. The molecule has 0 unspecified atom stereocenters. The van der Waals surface area contributed by atoms with Gasteiger partial charge in [-0.1, -0.05) is 213 Å². The number of terminal acetylenes is 1. The topological polar surface area (TPSA) is 114 Å². The van der Waals surface area contributed by atoms with E-state index in [0.29, 0.717) is 23.0 Å². The predicted molar refractivity (Wildman–Crippen MR) is 315 cm³/mol. The van der Waals surface area contributed by atoms with Gasteiger partial charge in [0.15, 0.2) is 0 Å². The molecule has 0 spiro atoms. The number of halogens is 2. The Hall–Kier alpha value is -6.36. The number of furan rings is 1. The summed E-state index contributed by atoms with van der Waals surface area (Å²) in [5, 5.41) is 45.6. The monoisotopic (exact) mass is 1160 g/mol. The molecule has 0 aliphatic rings. The van der Waals surface area contributed by atoms with Crippen LogP contribution in [0.5, 0.6) is 17.2 Å². The molecular weight excluding hydrogens is 1090 g/mol. The van der Waals surface area contributed by atoms with Gasteiger partial charge in [0, 0.05) is 5.39 Å². The zero-order valence-corrected chi connectivity index (χ0v) is 45.8. The second-order valence-electron chi connectivity index (χ2n) is 13.3. The first-order valence-electron chi connectivity index (χ1n) is 23.3. The highest BCUT2D eigenvalue weighted by Crippen LogP contribution is 2.29. The Labute approximate surface area is 444 Å². The van der Waals surface area contributed by atoms with Gasteiger partial charge in [-0.25, -0.2) is 0 Å². The molecule has 0 fully saturated rings. The third-order valence-corrected chi connectivity index (χ3v) is 10.7. The van der Waals surface area contributed by atoms with E-state index in [1.807, 2.05) is 201 Å². The highest BCUT2D eigenvalue weighted by atomic mass is 127. The van der Waals surface area contributed by atoms with Crippen LogP contribution in [0.4, 0.5) is 0 Å². The van der Waals surface area contributed by atoms with Crippen molar-refractivity contribution in [1.29, 1.82) is 0 Å². The van der Waals surface area contributed by atoms with E-state index >= 15 is 0 Å². The molecule has 0 bridgehead atoms. The number of aliphatic hydroxyl groups is 2. The highest BCUT2D eigenvalue weighted by molar-refractivity contribution is 14.1. The first-order valence-corrected chi connectivity index (χ1v) is 25.5. The van der Waals surface area contributed by atoms with Crippen LogP contribution in [0.3, 0.4) is 0 Å². The second kappa shape index (κ2) is 37.5. The van der Waals surface area contributed by atoms with Crippen LogP contribution in [-0.4, -0.2) is 32.1 Å². The number of hydrogen-bond acceptors (Lipinski definition) is 6. The van der Waals surface area contributed by atoms with E-state index in [2.05, 4.69) is 94.1 Å². The molecule has 0 aliphatic heterocycles. The van der Waals surface area contributed by atoms with Crippen molar-refractivity contribution < 1.29 is 29.9 Å². The van der Waals surface area contributed by atoms with Crippen molar-refractivity contribution >= 4 is 56.2 Å². The maximum Gasteiger partial charge on any atom is 0.134 e. The summed E-state index contributed by atoms with van der Waals surface area (Å²) in [7, 11) is 0. The third-order valence-electron chi connectivity index (χ3n) is 9.01. The Morgan fingerprint density at radius 2 is 0.700 bits per heavy atom. The van der Waals surface area contributed by atoms with Gasteiger partial charge in [0.1, 0.15) is 41.8 Å². The zero-order valence-electron chi connectivity index (χ0n) is 41.5. The van der Waals surface area contributed by atoms with Gasteiger partial charge in [-0.2, -0.15) is 0 Å². The normalized spacial score (nSPS) is 9.13. The van der Waals surface area contributed by atoms with Gasteiger partial charge in [-0.3, -0.25) is 0 Å². The summed E-state index contributed by atoms with van der Waals surface area (Å²) in [6, 6.07) is 66.9. The first-order chi connectivity index (χ1) is 34.2. The fourth-order valence-electron chi connectivity index (χ4n) is 5.91. The number of hydrogen-bond donors (Lipinski definition) is 5. The molecule has 6 nitrogen and oxygen atoms in total. The van der Waals surface area contributed by atoms with E-state index in [0.717, 1.165) is 40.4 Å². The molecule has 70 heavy (non-hydrogen) atoms. The van der Waals surface area contributed by atoms with E-state index in [-0.39, 0.29) is 13.2 Å². The average Bonchev–Trinajstić information content (AvgIpc) is 3.87. The van der Waals surface area contributed by atoms with Crippen molar-refractivity contribution in [3.05, 3.63) is 219 Å². The van der Waals surface area contributed by atoms with Crippen molar-refractivity contribution in [1.82, 2.24) is 0 Å².